The molecule has 1 aliphatic heterocycles. The molecule has 0 N–H and O–H groups in total. The Kier molecular flexibility index (Phi) is 5.14. The molecular formula is C12H16BrClOS. The molecule has 1 saturated heterocycles. The Morgan fingerprint density at radius 1 is 1.56 bits per heavy atom. The standard InChI is InChI=1S/C12H16BrClOS/c13-10-6-8-16-12(10)11(14)5-4-9-3-1-2-7-15-9/h6,8-9,11H,1-5,7H2. The molecular weight excluding hydrogens is 308 g/mol. The maximum Gasteiger partial charge on any atom is 0.0690 e. The lowest BCUT2D eigenvalue weighted by molar-refractivity contribution is 0.0100. The van der Waals surface area contributed by atoms with Crippen LogP contribution in [0.3, 0.4) is 0 Å². The first-order chi connectivity index (χ1) is 7.77. The molecule has 0 spiro atoms. The van der Waals surface area contributed by atoms with Crippen LogP contribution in [0.5, 0.6) is 0 Å². The minimum absolute atomic E-state index is 0.125. The first-order valence-electron chi connectivity index (χ1n) is 5.76. The molecule has 1 aromatic rings. The van der Waals surface area contributed by atoms with E-state index in [0.29, 0.717) is 6.10 Å². The van der Waals surface area contributed by atoms with Gasteiger partial charge in [-0.15, -0.1) is 22.9 Å². The number of alkyl halides is 1. The molecule has 1 aromatic heterocycles. The van der Waals surface area contributed by atoms with Gasteiger partial charge in [0.2, 0.25) is 0 Å². The number of halogens is 2. The van der Waals surface area contributed by atoms with Gasteiger partial charge in [0.25, 0.3) is 0 Å². The Labute approximate surface area is 114 Å². The molecule has 0 saturated carbocycles. The van der Waals surface area contributed by atoms with Gasteiger partial charge in [-0.1, -0.05) is 0 Å². The lowest BCUT2D eigenvalue weighted by Crippen LogP contribution is -2.19. The van der Waals surface area contributed by atoms with Gasteiger partial charge in [0.15, 0.2) is 0 Å². The molecule has 0 aliphatic carbocycles. The maximum atomic E-state index is 6.40. The second kappa shape index (κ2) is 6.39. The molecule has 1 nitrogen and oxygen atoms in total. The fourth-order valence-electron chi connectivity index (χ4n) is 2.03. The fraction of sp³-hybridized carbons (Fsp3) is 0.667. The van der Waals surface area contributed by atoms with Crippen LogP contribution in [0.4, 0.5) is 0 Å². The predicted octanol–water partition coefficient (Wildman–Crippen LogP) is 5.14. The summed E-state index contributed by atoms with van der Waals surface area (Å²) in [5, 5.41) is 2.20. The van der Waals surface area contributed by atoms with Crippen molar-refractivity contribution in [2.45, 2.75) is 43.6 Å². The molecule has 2 rings (SSSR count). The van der Waals surface area contributed by atoms with Crippen molar-refractivity contribution >= 4 is 38.9 Å². The zero-order valence-corrected chi connectivity index (χ0v) is 12.3. The second-order valence-electron chi connectivity index (χ2n) is 4.17. The summed E-state index contributed by atoms with van der Waals surface area (Å²) in [4.78, 5) is 1.25. The molecule has 0 radical (unpaired) electrons. The van der Waals surface area contributed by atoms with Crippen molar-refractivity contribution in [3.63, 3.8) is 0 Å². The van der Waals surface area contributed by atoms with E-state index in [1.54, 1.807) is 11.3 Å². The molecule has 1 aliphatic rings. The quantitative estimate of drug-likeness (QED) is 0.697. The van der Waals surface area contributed by atoms with Gasteiger partial charge in [-0.25, -0.2) is 0 Å². The fourth-order valence-corrected chi connectivity index (χ4v) is 4.22. The van der Waals surface area contributed by atoms with Gasteiger partial charge < -0.3 is 4.74 Å². The Morgan fingerprint density at radius 2 is 2.44 bits per heavy atom. The van der Waals surface area contributed by atoms with Gasteiger partial charge in [-0.3, -0.25) is 0 Å². The zero-order valence-electron chi connectivity index (χ0n) is 9.12. The third-order valence-electron chi connectivity index (χ3n) is 2.95. The number of hydrogen-bond donors (Lipinski definition) is 0. The van der Waals surface area contributed by atoms with E-state index in [4.69, 9.17) is 16.3 Å². The first kappa shape index (κ1) is 12.9. The molecule has 16 heavy (non-hydrogen) atoms. The lowest BCUT2D eigenvalue weighted by Gasteiger charge is -2.23. The van der Waals surface area contributed by atoms with Gasteiger partial charge in [-0.2, -0.15) is 0 Å². The van der Waals surface area contributed by atoms with Crippen LogP contribution in [-0.4, -0.2) is 12.7 Å². The molecule has 2 atom stereocenters. The first-order valence-corrected chi connectivity index (χ1v) is 7.87. The van der Waals surface area contributed by atoms with E-state index >= 15 is 0 Å². The summed E-state index contributed by atoms with van der Waals surface area (Å²) in [6.07, 6.45) is 6.25. The highest BCUT2D eigenvalue weighted by molar-refractivity contribution is 9.10. The highest BCUT2D eigenvalue weighted by atomic mass is 79.9. The summed E-state index contributed by atoms with van der Waals surface area (Å²) in [5.74, 6) is 0. The highest BCUT2D eigenvalue weighted by Gasteiger charge is 2.18. The molecule has 0 bridgehead atoms. The van der Waals surface area contributed by atoms with E-state index in [1.807, 2.05) is 0 Å². The van der Waals surface area contributed by atoms with Gasteiger partial charge in [0, 0.05) is 16.0 Å². The largest absolute Gasteiger partial charge is 0.378 e. The molecule has 0 aromatic carbocycles. The van der Waals surface area contributed by atoms with E-state index in [-0.39, 0.29) is 5.38 Å². The van der Waals surface area contributed by atoms with Crippen molar-refractivity contribution in [2.75, 3.05) is 6.61 Å². The molecule has 1 fully saturated rings. The minimum atomic E-state index is 0.125. The second-order valence-corrected chi connectivity index (χ2v) is 6.50. The monoisotopic (exact) mass is 322 g/mol. The average Bonchev–Trinajstić information content (AvgIpc) is 2.74. The summed E-state index contributed by atoms with van der Waals surface area (Å²) in [6, 6.07) is 2.06. The van der Waals surface area contributed by atoms with E-state index in [2.05, 4.69) is 27.4 Å². The third-order valence-corrected chi connectivity index (χ3v) is 5.50. The van der Waals surface area contributed by atoms with E-state index in [9.17, 15) is 0 Å². The molecule has 2 unspecified atom stereocenters. The molecule has 2 heterocycles. The smallest absolute Gasteiger partial charge is 0.0690 e. The maximum absolute atomic E-state index is 6.40. The van der Waals surface area contributed by atoms with Crippen LogP contribution in [0, 0.1) is 0 Å². The average molecular weight is 324 g/mol. The summed E-state index contributed by atoms with van der Waals surface area (Å²) >= 11 is 11.6. The number of rotatable bonds is 4. The van der Waals surface area contributed by atoms with Crippen molar-refractivity contribution in [3.8, 4) is 0 Å². The van der Waals surface area contributed by atoms with Crippen LogP contribution in [-0.2, 0) is 4.74 Å². The van der Waals surface area contributed by atoms with Crippen molar-refractivity contribution < 1.29 is 4.74 Å². The van der Waals surface area contributed by atoms with E-state index in [0.717, 1.165) is 23.9 Å². The third kappa shape index (κ3) is 3.46. The summed E-state index contributed by atoms with van der Waals surface area (Å²) < 4.78 is 6.85. The van der Waals surface area contributed by atoms with E-state index < -0.39 is 0 Å². The number of thiophene rings is 1. The predicted molar refractivity (Wildman–Crippen MR) is 73.4 cm³/mol. The lowest BCUT2D eigenvalue weighted by atomic mass is 10.0. The summed E-state index contributed by atoms with van der Waals surface area (Å²) in [6.45, 7) is 0.931. The summed E-state index contributed by atoms with van der Waals surface area (Å²) in [7, 11) is 0. The van der Waals surface area contributed by atoms with Crippen molar-refractivity contribution in [3.05, 3.63) is 20.8 Å². The van der Waals surface area contributed by atoms with Crippen LogP contribution in [0.25, 0.3) is 0 Å². The number of ether oxygens (including phenoxy) is 1. The van der Waals surface area contributed by atoms with Crippen LogP contribution in [0.15, 0.2) is 15.9 Å². The van der Waals surface area contributed by atoms with Crippen molar-refractivity contribution in [2.24, 2.45) is 0 Å². The normalized spacial score (nSPS) is 23.2. The zero-order chi connectivity index (χ0) is 11.4. The Morgan fingerprint density at radius 3 is 3.06 bits per heavy atom. The van der Waals surface area contributed by atoms with E-state index in [1.165, 1.54) is 24.1 Å². The topological polar surface area (TPSA) is 9.23 Å². The van der Waals surface area contributed by atoms with Crippen LogP contribution in [0.2, 0.25) is 0 Å². The van der Waals surface area contributed by atoms with Crippen LogP contribution >= 0.6 is 38.9 Å². The SMILES string of the molecule is ClC(CCC1CCCCO1)c1sccc1Br. The highest BCUT2D eigenvalue weighted by Crippen LogP contribution is 2.36. The Bertz CT molecular complexity index is 323. The van der Waals surface area contributed by atoms with Crippen LogP contribution in [0.1, 0.15) is 42.4 Å². The van der Waals surface area contributed by atoms with Crippen LogP contribution < -0.4 is 0 Å². The van der Waals surface area contributed by atoms with Gasteiger partial charge in [0.1, 0.15) is 0 Å². The Hall–Kier alpha value is 0.430. The van der Waals surface area contributed by atoms with Gasteiger partial charge >= 0.3 is 0 Å². The van der Waals surface area contributed by atoms with Gasteiger partial charge in [0.05, 0.1) is 11.5 Å². The summed E-state index contributed by atoms with van der Waals surface area (Å²) in [5.41, 5.74) is 0. The van der Waals surface area contributed by atoms with Crippen molar-refractivity contribution in [1.82, 2.24) is 0 Å². The number of hydrogen-bond acceptors (Lipinski definition) is 2. The molecule has 90 valence electrons. The van der Waals surface area contributed by atoms with Gasteiger partial charge in [-0.05, 0) is 59.5 Å². The van der Waals surface area contributed by atoms with Crippen molar-refractivity contribution in [1.29, 1.82) is 0 Å². The molecule has 4 heteroatoms. The minimum Gasteiger partial charge on any atom is -0.378 e. The Balaban J connectivity index is 1.79. The molecule has 0 amide bonds.